The number of amides is 1. The summed E-state index contributed by atoms with van der Waals surface area (Å²) >= 11 is 0. The molecule has 0 aliphatic carbocycles. The minimum atomic E-state index is -0.289. The maximum atomic E-state index is 11.1. The van der Waals surface area contributed by atoms with Crippen LogP contribution in [-0.2, 0) is 4.79 Å². The standard InChI is InChI=1S/C10H14N2O/c1-7(2)9(10(11)13)8-4-3-5-12-6-8/h3-7,9H,1-2H3,(H2,11,13)/t9-/m0/s1. The first-order chi connectivity index (χ1) is 6.13. The molecule has 1 amide bonds. The van der Waals surface area contributed by atoms with Crippen LogP contribution in [0.5, 0.6) is 0 Å². The molecule has 1 heterocycles. The van der Waals surface area contributed by atoms with Gasteiger partial charge in [-0.15, -0.1) is 0 Å². The van der Waals surface area contributed by atoms with Gasteiger partial charge in [0, 0.05) is 12.4 Å². The zero-order valence-corrected chi connectivity index (χ0v) is 7.90. The number of rotatable bonds is 3. The van der Waals surface area contributed by atoms with E-state index < -0.39 is 0 Å². The van der Waals surface area contributed by atoms with E-state index in [4.69, 9.17) is 5.73 Å². The van der Waals surface area contributed by atoms with Crippen molar-refractivity contribution in [1.82, 2.24) is 4.98 Å². The molecule has 1 rings (SSSR count). The Kier molecular flexibility index (Phi) is 3.01. The highest BCUT2D eigenvalue weighted by molar-refractivity contribution is 5.82. The summed E-state index contributed by atoms with van der Waals surface area (Å²) in [6.07, 6.45) is 3.37. The van der Waals surface area contributed by atoms with Crippen molar-refractivity contribution in [2.75, 3.05) is 0 Å². The Hall–Kier alpha value is -1.38. The first-order valence-corrected chi connectivity index (χ1v) is 4.32. The van der Waals surface area contributed by atoms with Crippen molar-refractivity contribution in [1.29, 1.82) is 0 Å². The molecule has 0 radical (unpaired) electrons. The number of nitrogens with two attached hydrogens (primary N) is 1. The van der Waals surface area contributed by atoms with Crippen LogP contribution in [0.1, 0.15) is 25.3 Å². The molecule has 0 bridgehead atoms. The van der Waals surface area contributed by atoms with E-state index in [9.17, 15) is 4.79 Å². The van der Waals surface area contributed by atoms with Gasteiger partial charge in [0.15, 0.2) is 0 Å². The van der Waals surface area contributed by atoms with Crippen molar-refractivity contribution in [3.8, 4) is 0 Å². The normalized spacial score (nSPS) is 12.8. The highest BCUT2D eigenvalue weighted by Gasteiger charge is 2.21. The lowest BCUT2D eigenvalue weighted by Crippen LogP contribution is -2.25. The molecule has 0 unspecified atom stereocenters. The molecule has 70 valence electrons. The third-order valence-corrected chi connectivity index (χ3v) is 2.02. The van der Waals surface area contributed by atoms with Crippen molar-refractivity contribution >= 4 is 5.91 Å². The molecule has 0 spiro atoms. The quantitative estimate of drug-likeness (QED) is 0.758. The molecule has 0 aliphatic rings. The molecule has 0 aliphatic heterocycles. The second-order valence-electron chi connectivity index (χ2n) is 3.41. The van der Waals surface area contributed by atoms with Crippen LogP contribution in [-0.4, -0.2) is 10.9 Å². The Morgan fingerprint density at radius 1 is 1.54 bits per heavy atom. The SMILES string of the molecule is CC(C)[C@H](C(N)=O)c1cccnc1. The second-order valence-corrected chi connectivity index (χ2v) is 3.41. The molecular weight excluding hydrogens is 164 g/mol. The van der Waals surface area contributed by atoms with E-state index in [0.717, 1.165) is 5.56 Å². The van der Waals surface area contributed by atoms with Gasteiger partial charge in [-0.25, -0.2) is 0 Å². The molecule has 13 heavy (non-hydrogen) atoms. The zero-order valence-electron chi connectivity index (χ0n) is 7.90. The number of pyridine rings is 1. The topological polar surface area (TPSA) is 56.0 Å². The average Bonchev–Trinajstić information content (AvgIpc) is 2.04. The molecule has 1 atom stereocenters. The molecule has 3 heteroatoms. The van der Waals surface area contributed by atoms with E-state index in [-0.39, 0.29) is 17.7 Å². The predicted octanol–water partition coefficient (Wildman–Crippen LogP) is 1.31. The van der Waals surface area contributed by atoms with Crippen LogP contribution < -0.4 is 5.73 Å². The van der Waals surface area contributed by atoms with Crippen molar-refractivity contribution in [3.05, 3.63) is 30.1 Å². The summed E-state index contributed by atoms with van der Waals surface area (Å²) < 4.78 is 0. The number of carbonyl (C=O) groups is 1. The summed E-state index contributed by atoms with van der Waals surface area (Å²) in [6, 6.07) is 3.69. The summed E-state index contributed by atoms with van der Waals surface area (Å²) in [4.78, 5) is 15.1. The molecule has 1 aromatic rings. The Labute approximate surface area is 78.0 Å². The predicted molar refractivity (Wildman–Crippen MR) is 51.0 cm³/mol. The molecule has 0 aromatic carbocycles. The van der Waals surface area contributed by atoms with E-state index >= 15 is 0 Å². The zero-order chi connectivity index (χ0) is 9.84. The molecular formula is C10H14N2O. The molecule has 0 saturated heterocycles. The summed E-state index contributed by atoms with van der Waals surface area (Å²) in [5.74, 6) is -0.307. The largest absolute Gasteiger partial charge is 0.369 e. The highest BCUT2D eigenvalue weighted by Crippen LogP contribution is 2.22. The van der Waals surface area contributed by atoms with E-state index in [1.807, 2.05) is 26.0 Å². The van der Waals surface area contributed by atoms with Crippen LogP contribution in [0, 0.1) is 5.92 Å². The third kappa shape index (κ3) is 2.28. The number of primary amides is 1. The number of nitrogens with zero attached hydrogens (tertiary/aromatic N) is 1. The fraction of sp³-hybridized carbons (Fsp3) is 0.400. The number of hydrogen-bond acceptors (Lipinski definition) is 2. The lowest BCUT2D eigenvalue weighted by atomic mass is 9.89. The Morgan fingerprint density at radius 3 is 2.62 bits per heavy atom. The van der Waals surface area contributed by atoms with E-state index in [2.05, 4.69) is 4.98 Å². The van der Waals surface area contributed by atoms with Gasteiger partial charge in [0.05, 0.1) is 5.92 Å². The Morgan fingerprint density at radius 2 is 2.23 bits per heavy atom. The lowest BCUT2D eigenvalue weighted by Gasteiger charge is -2.16. The molecule has 0 fully saturated rings. The van der Waals surface area contributed by atoms with Crippen LogP contribution in [0.3, 0.4) is 0 Å². The fourth-order valence-electron chi connectivity index (χ4n) is 1.44. The average molecular weight is 178 g/mol. The smallest absolute Gasteiger partial charge is 0.225 e. The summed E-state index contributed by atoms with van der Waals surface area (Å²) in [7, 11) is 0. The summed E-state index contributed by atoms with van der Waals surface area (Å²) in [6.45, 7) is 3.95. The van der Waals surface area contributed by atoms with Crippen molar-refractivity contribution in [2.45, 2.75) is 19.8 Å². The van der Waals surface area contributed by atoms with Crippen molar-refractivity contribution in [2.24, 2.45) is 11.7 Å². The van der Waals surface area contributed by atoms with Gasteiger partial charge in [-0.1, -0.05) is 19.9 Å². The number of aromatic nitrogens is 1. The maximum Gasteiger partial charge on any atom is 0.225 e. The van der Waals surface area contributed by atoms with Crippen molar-refractivity contribution < 1.29 is 4.79 Å². The third-order valence-electron chi connectivity index (χ3n) is 2.02. The van der Waals surface area contributed by atoms with Crippen LogP contribution in [0.25, 0.3) is 0 Å². The molecule has 0 saturated carbocycles. The van der Waals surface area contributed by atoms with Gasteiger partial charge in [-0.3, -0.25) is 9.78 Å². The van der Waals surface area contributed by atoms with Gasteiger partial charge in [0.1, 0.15) is 0 Å². The van der Waals surface area contributed by atoms with Gasteiger partial charge < -0.3 is 5.73 Å². The fourth-order valence-corrected chi connectivity index (χ4v) is 1.44. The van der Waals surface area contributed by atoms with Gasteiger partial charge in [-0.2, -0.15) is 0 Å². The number of carbonyl (C=O) groups excluding carboxylic acids is 1. The first kappa shape index (κ1) is 9.71. The monoisotopic (exact) mass is 178 g/mol. The second kappa shape index (κ2) is 4.03. The Balaban J connectivity index is 2.96. The van der Waals surface area contributed by atoms with Crippen molar-refractivity contribution in [3.63, 3.8) is 0 Å². The minimum Gasteiger partial charge on any atom is -0.369 e. The van der Waals surface area contributed by atoms with Gasteiger partial charge >= 0.3 is 0 Å². The van der Waals surface area contributed by atoms with Gasteiger partial charge in [0.25, 0.3) is 0 Å². The van der Waals surface area contributed by atoms with E-state index in [1.54, 1.807) is 12.4 Å². The highest BCUT2D eigenvalue weighted by atomic mass is 16.1. The first-order valence-electron chi connectivity index (χ1n) is 4.32. The molecule has 2 N–H and O–H groups in total. The molecule has 1 aromatic heterocycles. The lowest BCUT2D eigenvalue weighted by molar-refractivity contribution is -0.120. The maximum absolute atomic E-state index is 11.1. The Bertz CT molecular complexity index is 282. The van der Waals surface area contributed by atoms with Gasteiger partial charge in [-0.05, 0) is 17.5 Å². The van der Waals surface area contributed by atoms with E-state index in [1.165, 1.54) is 0 Å². The van der Waals surface area contributed by atoms with Crippen LogP contribution in [0.2, 0.25) is 0 Å². The molecule has 3 nitrogen and oxygen atoms in total. The van der Waals surface area contributed by atoms with E-state index in [0.29, 0.717) is 0 Å². The minimum absolute atomic E-state index is 0.210. The summed E-state index contributed by atoms with van der Waals surface area (Å²) in [5, 5.41) is 0. The van der Waals surface area contributed by atoms with Crippen LogP contribution in [0.15, 0.2) is 24.5 Å². The van der Waals surface area contributed by atoms with Crippen LogP contribution in [0.4, 0.5) is 0 Å². The van der Waals surface area contributed by atoms with Crippen LogP contribution >= 0.6 is 0 Å². The summed E-state index contributed by atoms with van der Waals surface area (Å²) in [5.41, 5.74) is 6.20. The van der Waals surface area contributed by atoms with Gasteiger partial charge in [0.2, 0.25) is 5.91 Å². The number of hydrogen-bond donors (Lipinski definition) is 1.